The molecule has 0 bridgehead atoms. The summed E-state index contributed by atoms with van der Waals surface area (Å²) in [6.45, 7) is 10.2. The second-order valence-corrected chi connectivity index (χ2v) is 13.3. The molecular formula is C36H40FN5O3. The number of halogens is 1. The Balaban J connectivity index is 1.15. The fraction of sp³-hybridized carbons (Fsp3) is 0.444. The average Bonchev–Trinajstić information content (AvgIpc) is 3.58. The van der Waals surface area contributed by atoms with Crippen molar-refractivity contribution in [1.82, 2.24) is 19.5 Å². The van der Waals surface area contributed by atoms with Crippen LogP contribution in [0, 0.1) is 17.2 Å². The molecule has 9 heteroatoms. The Morgan fingerprint density at radius 3 is 2.60 bits per heavy atom. The van der Waals surface area contributed by atoms with Gasteiger partial charge in [0.25, 0.3) is 5.91 Å². The van der Waals surface area contributed by atoms with Gasteiger partial charge in [-0.1, -0.05) is 24.3 Å². The van der Waals surface area contributed by atoms with E-state index >= 15 is 4.39 Å². The van der Waals surface area contributed by atoms with Crippen molar-refractivity contribution in [2.75, 3.05) is 31.1 Å². The Labute approximate surface area is 263 Å². The number of benzene rings is 2. The third kappa shape index (κ3) is 5.26. The van der Waals surface area contributed by atoms with Crippen LogP contribution >= 0.6 is 0 Å². The average molecular weight is 610 g/mol. The number of rotatable bonds is 7. The lowest BCUT2D eigenvalue weighted by Crippen LogP contribution is -2.39. The molecule has 3 aliphatic rings. The third-order valence-corrected chi connectivity index (χ3v) is 10.1. The molecule has 1 unspecified atom stereocenters. The van der Waals surface area contributed by atoms with E-state index in [1.807, 2.05) is 49.9 Å². The maximum absolute atomic E-state index is 15.7. The predicted molar refractivity (Wildman–Crippen MR) is 171 cm³/mol. The summed E-state index contributed by atoms with van der Waals surface area (Å²) >= 11 is 0. The number of ether oxygens (including phenoxy) is 1. The van der Waals surface area contributed by atoms with Gasteiger partial charge in [-0.05, 0) is 94.7 Å². The van der Waals surface area contributed by atoms with Crippen LogP contribution in [-0.2, 0) is 16.0 Å². The van der Waals surface area contributed by atoms with Gasteiger partial charge in [-0.15, -0.1) is 0 Å². The van der Waals surface area contributed by atoms with Crippen LogP contribution in [0.1, 0.15) is 86.2 Å². The lowest BCUT2D eigenvalue weighted by Gasteiger charge is -2.35. The van der Waals surface area contributed by atoms with Gasteiger partial charge in [0.1, 0.15) is 11.5 Å². The number of nitrogens with zero attached hydrogens (tertiary/aromatic N) is 5. The van der Waals surface area contributed by atoms with Gasteiger partial charge < -0.3 is 14.5 Å². The van der Waals surface area contributed by atoms with E-state index in [9.17, 15) is 9.59 Å². The molecule has 4 heterocycles. The largest absolute Gasteiger partial charge is 0.466 e. The third-order valence-electron chi connectivity index (χ3n) is 10.1. The summed E-state index contributed by atoms with van der Waals surface area (Å²) in [6.07, 6.45) is 3.71. The van der Waals surface area contributed by atoms with Gasteiger partial charge >= 0.3 is 5.97 Å². The molecule has 2 aliphatic heterocycles. The molecule has 2 aromatic heterocycles. The number of esters is 1. The van der Waals surface area contributed by atoms with Crippen molar-refractivity contribution in [2.45, 2.75) is 65.3 Å². The Bertz CT molecular complexity index is 1790. The summed E-state index contributed by atoms with van der Waals surface area (Å²) in [7, 11) is 0. The first-order chi connectivity index (χ1) is 21.7. The van der Waals surface area contributed by atoms with Crippen molar-refractivity contribution < 1.29 is 18.7 Å². The Morgan fingerprint density at radius 2 is 1.84 bits per heavy atom. The minimum Gasteiger partial charge on any atom is -0.466 e. The zero-order valence-corrected chi connectivity index (χ0v) is 26.4. The zero-order valence-electron chi connectivity index (χ0n) is 26.4. The van der Waals surface area contributed by atoms with Crippen molar-refractivity contribution in [3.8, 4) is 11.3 Å². The van der Waals surface area contributed by atoms with E-state index in [0.717, 1.165) is 43.6 Å². The summed E-state index contributed by atoms with van der Waals surface area (Å²) in [4.78, 5) is 35.2. The SMILES string of the molecule is CCOC(=O)C(C)(C)C1CCN(c2ccc(-c3cc4nc(C(=O)N5CCc6ccccc6[C@H]5C)cc(C5CC5)n4n3)c(F)c2)C1. The molecule has 7 rings (SSSR count). The second kappa shape index (κ2) is 11.3. The quantitative estimate of drug-likeness (QED) is 0.220. The van der Waals surface area contributed by atoms with Gasteiger partial charge in [0.2, 0.25) is 0 Å². The first kappa shape index (κ1) is 29.4. The fourth-order valence-corrected chi connectivity index (χ4v) is 7.08. The van der Waals surface area contributed by atoms with Crippen LogP contribution in [0.4, 0.5) is 10.1 Å². The van der Waals surface area contributed by atoms with Gasteiger partial charge in [-0.3, -0.25) is 9.59 Å². The topological polar surface area (TPSA) is 80.0 Å². The maximum atomic E-state index is 15.7. The number of carbonyl (C=O) groups excluding carboxylic acids is 2. The lowest BCUT2D eigenvalue weighted by molar-refractivity contribution is -0.156. The molecule has 1 saturated carbocycles. The van der Waals surface area contributed by atoms with Crippen LogP contribution in [0.5, 0.6) is 0 Å². The van der Waals surface area contributed by atoms with E-state index in [1.165, 1.54) is 11.1 Å². The van der Waals surface area contributed by atoms with Gasteiger partial charge in [0, 0.05) is 48.6 Å². The summed E-state index contributed by atoms with van der Waals surface area (Å²) in [5.41, 5.74) is 5.43. The molecule has 0 spiro atoms. The molecular weight excluding hydrogens is 569 g/mol. The number of fused-ring (bicyclic) bond motifs is 2. The van der Waals surface area contributed by atoms with Crippen LogP contribution in [0.15, 0.2) is 54.6 Å². The molecule has 1 aliphatic carbocycles. The number of aromatic nitrogens is 3. The zero-order chi connectivity index (χ0) is 31.5. The lowest BCUT2D eigenvalue weighted by atomic mass is 9.78. The molecule has 4 aromatic rings. The number of amides is 1. The molecule has 2 aromatic carbocycles. The summed E-state index contributed by atoms with van der Waals surface area (Å²) in [5.74, 6) is -0.221. The maximum Gasteiger partial charge on any atom is 0.311 e. The first-order valence-electron chi connectivity index (χ1n) is 16.2. The van der Waals surface area contributed by atoms with Crippen molar-refractivity contribution in [3.63, 3.8) is 0 Å². The van der Waals surface area contributed by atoms with Gasteiger partial charge in [-0.25, -0.2) is 13.9 Å². The molecule has 234 valence electrons. The van der Waals surface area contributed by atoms with Crippen molar-refractivity contribution >= 4 is 23.2 Å². The fourth-order valence-electron chi connectivity index (χ4n) is 7.08. The molecule has 1 saturated heterocycles. The van der Waals surface area contributed by atoms with E-state index < -0.39 is 5.41 Å². The molecule has 2 fully saturated rings. The van der Waals surface area contributed by atoms with E-state index in [0.29, 0.717) is 48.2 Å². The highest BCUT2D eigenvalue weighted by Gasteiger charge is 2.42. The minimum absolute atomic E-state index is 0.0416. The van der Waals surface area contributed by atoms with E-state index in [1.54, 1.807) is 22.7 Å². The minimum atomic E-state index is -0.608. The molecule has 2 atom stereocenters. The first-order valence-corrected chi connectivity index (χ1v) is 16.2. The van der Waals surface area contributed by atoms with Crippen molar-refractivity contribution in [2.24, 2.45) is 11.3 Å². The molecule has 0 N–H and O–H groups in total. The molecule has 0 radical (unpaired) electrons. The second-order valence-electron chi connectivity index (χ2n) is 13.3. The monoisotopic (exact) mass is 609 g/mol. The summed E-state index contributed by atoms with van der Waals surface area (Å²) < 4.78 is 22.8. The molecule has 45 heavy (non-hydrogen) atoms. The van der Waals surface area contributed by atoms with E-state index in [-0.39, 0.29) is 29.7 Å². The normalized spacial score (nSPS) is 20.0. The number of carbonyl (C=O) groups is 2. The Hall–Kier alpha value is -4.27. The van der Waals surface area contributed by atoms with E-state index in [4.69, 9.17) is 14.8 Å². The van der Waals surface area contributed by atoms with E-state index in [2.05, 4.69) is 24.0 Å². The van der Waals surface area contributed by atoms with Crippen molar-refractivity contribution in [3.05, 3.63) is 82.9 Å². The van der Waals surface area contributed by atoms with Crippen LogP contribution < -0.4 is 4.90 Å². The van der Waals surface area contributed by atoms with Crippen LogP contribution in [0.2, 0.25) is 0 Å². The summed E-state index contributed by atoms with van der Waals surface area (Å²) in [5, 5.41) is 4.80. The van der Waals surface area contributed by atoms with Crippen LogP contribution in [0.3, 0.4) is 0 Å². The molecule has 8 nitrogen and oxygen atoms in total. The number of hydrogen-bond acceptors (Lipinski definition) is 6. The number of anilines is 1. The Kier molecular flexibility index (Phi) is 7.37. The van der Waals surface area contributed by atoms with Gasteiger partial charge in [0.05, 0.1) is 23.8 Å². The standard InChI is InChI=1S/C36H40FN5O3/c1-5-45-35(44)36(3,4)25-15-16-40(21-25)26-12-13-28(29(37)18-26)30-20-33-38-31(19-32(24-10-11-24)42(33)39-30)34(43)41-17-14-23-8-6-7-9-27(23)22(41)2/h6-9,12-13,18-20,22,24-25H,5,10-11,14-17,21H2,1-4H3/t22-,25?/m1/s1. The number of hydrogen-bond donors (Lipinski definition) is 0. The molecule has 1 amide bonds. The van der Waals surface area contributed by atoms with Crippen molar-refractivity contribution in [1.29, 1.82) is 0 Å². The summed E-state index contributed by atoms with van der Waals surface area (Å²) in [6, 6.07) is 17.2. The highest BCUT2D eigenvalue weighted by atomic mass is 19.1. The van der Waals surface area contributed by atoms with Crippen LogP contribution in [0.25, 0.3) is 16.9 Å². The van der Waals surface area contributed by atoms with Gasteiger partial charge in [0.15, 0.2) is 5.65 Å². The smallest absolute Gasteiger partial charge is 0.311 e. The van der Waals surface area contributed by atoms with Gasteiger partial charge in [-0.2, -0.15) is 5.10 Å². The highest BCUT2D eigenvalue weighted by Crippen LogP contribution is 2.42. The Morgan fingerprint density at radius 1 is 1.04 bits per heavy atom. The highest BCUT2D eigenvalue weighted by molar-refractivity contribution is 5.93. The predicted octanol–water partition coefficient (Wildman–Crippen LogP) is 6.59. The van der Waals surface area contributed by atoms with Crippen LogP contribution in [-0.4, -0.2) is 57.6 Å².